The fourth-order valence-corrected chi connectivity index (χ4v) is 1.86. The molecular weight excluding hydrogens is 280 g/mol. The third-order valence-corrected chi connectivity index (χ3v) is 2.79. The molecule has 0 saturated carbocycles. The molecule has 3 rings (SSSR count). The Bertz CT molecular complexity index is 975. The number of rotatable bonds is 2. The normalized spacial score (nSPS) is 10.7. The smallest absolute Gasteiger partial charge is 0.405 e. The van der Waals surface area contributed by atoms with Crippen LogP contribution >= 0.6 is 0 Å². The number of benzene rings is 1. The van der Waals surface area contributed by atoms with Gasteiger partial charge < -0.3 is 4.42 Å². The van der Waals surface area contributed by atoms with Gasteiger partial charge in [0.25, 0.3) is 11.2 Å². The van der Waals surface area contributed by atoms with Crippen LogP contribution in [0.2, 0.25) is 0 Å². The van der Waals surface area contributed by atoms with Gasteiger partial charge in [0, 0.05) is 17.7 Å². The number of nitrogens with zero attached hydrogens (tertiary/aromatic N) is 3. The van der Waals surface area contributed by atoms with Crippen LogP contribution in [0.4, 0.5) is 5.69 Å². The number of H-pyrrole nitrogens is 1. The SMILES string of the molecule is O=c1ncc2c(=O)[nH]nc(-c3cccc([N+](=O)[O-])c3)c2o1. The molecule has 3 aromatic rings. The Morgan fingerprint density at radius 2 is 2.10 bits per heavy atom. The summed E-state index contributed by atoms with van der Waals surface area (Å²) in [6.07, 6.45) is 1.07. The molecule has 9 nitrogen and oxygen atoms in total. The number of aromatic nitrogens is 3. The molecule has 0 amide bonds. The lowest BCUT2D eigenvalue weighted by molar-refractivity contribution is -0.384. The van der Waals surface area contributed by atoms with E-state index >= 15 is 0 Å². The Kier molecular flexibility index (Phi) is 2.79. The first kappa shape index (κ1) is 12.7. The summed E-state index contributed by atoms with van der Waals surface area (Å²) in [5.74, 6) is -0.887. The van der Waals surface area contributed by atoms with Crippen molar-refractivity contribution in [1.82, 2.24) is 15.2 Å². The molecule has 0 unspecified atom stereocenters. The molecule has 0 saturated heterocycles. The van der Waals surface area contributed by atoms with Crippen molar-refractivity contribution in [3.63, 3.8) is 0 Å². The predicted octanol–water partition coefficient (Wildman–Crippen LogP) is 0.846. The number of nitrogens with one attached hydrogen (secondary N) is 1. The minimum absolute atomic E-state index is 0.0334. The molecule has 0 radical (unpaired) electrons. The molecule has 9 heteroatoms. The van der Waals surface area contributed by atoms with Crippen LogP contribution in [-0.2, 0) is 0 Å². The maximum atomic E-state index is 11.6. The first-order valence-corrected chi connectivity index (χ1v) is 5.69. The van der Waals surface area contributed by atoms with Crippen molar-refractivity contribution in [2.75, 3.05) is 0 Å². The standard InChI is InChI=1S/C12H6N4O5/c17-11-8-5-13-12(18)21-10(8)9(14-15-11)6-2-1-3-7(4-6)16(19)20/h1-5H,(H,15,17). The van der Waals surface area contributed by atoms with E-state index in [9.17, 15) is 19.7 Å². The molecule has 2 aromatic heterocycles. The molecule has 0 aliphatic heterocycles. The summed E-state index contributed by atoms with van der Waals surface area (Å²) in [6, 6.07) is 5.59. The summed E-state index contributed by atoms with van der Waals surface area (Å²) in [6.45, 7) is 0. The number of nitro benzene ring substituents is 1. The maximum absolute atomic E-state index is 11.6. The molecular formula is C12H6N4O5. The molecule has 0 bridgehead atoms. The van der Waals surface area contributed by atoms with Crippen LogP contribution in [0.15, 0.2) is 44.5 Å². The zero-order valence-corrected chi connectivity index (χ0v) is 10.3. The lowest BCUT2D eigenvalue weighted by Crippen LogP contribution is -2.13. The lowest BCUT2D eigenvalue weighted by atomic mass is 10.1. The van der Waals surface area contributed by atoms with E-state index in [1.165, 1.54) is 18.2 Å². The number of hydrogen-bond acceptors (Lipinski definition) is 7. The second kappa shape index (κ2) is 4.63. The van der Waals surface area contributed by atoms with Gasteiger partial charge in [-0.2, -0.15) is 10.1 Å². The molecule has 21 heavy (non-hydrogen) atoms. The average molecular weight is 286 g/mol. The first-order valence-electron chi connectivity index (χ1n) is 5.69. The van der Waals surface area contributed by atoms with Gasteiger partial charge in [-0.3, -0.25) is 14.9 Å². The van der Waals surface area contributed by atoms with E-state index < -0.39 is 16.2 Å². The average Bonchev–Trinajstić information content (AvgIpc) is 2.47. The molecule has 0 spiro atoms. The van der Waals surface area contributed by atoms with Gasteiger partial charge in [-0.1, -0.05) is 12.1 Å². The highest BCUT2D eigenvalue weighted by Crippen LogP contribution is 2.25. The number of aromatic amines is 1. The topological polar surface area (TPSA) is 132 Å². The van der Waals surface area contributed by atoms with Crippen molar-refractivity contribution in [3.8, 4) is 11.3 Å². The molecule has 104 valence electrons. The predicted molar refractivity (Wildman–Crippen MR) is 70.8 cm³/mol. The molecule has 1 aromatic carbocycles. The van der Waals surface area contributed by atoms with Gasteiger partial charge >= 0.3 is 5.76 Å². The van der Waals surface area contributed by atoms with Crippen LogP contribution in [0.1, 0.15) is 0 Å². The van der Waals surface area contributed by atoms with Gasteiger partial charge in [0.15, 0.2) is 5.58 Å². The number of hydrogen-bond donors (Lipinski definition) is 1. The Hall–Kier alpha value is -3.36. The third-order valence-electron chi connectivity index (χ3n) is 2.79. The maximum Gasteiger partial charge on any atom is 0.439 e. The van der Waals surface area contributed by atoms with Gasteiger partial charge in [-0.15, -0.1) is 0 Å². The van der Waals surface area contributed by atoms with Gasteiger partial charge in [-0.05, 0) is 0 Å². The van der Waals surface area contributed by atoms with Crippen LogP contribution in [0, 0.1) is 10.1 Å². The van der Waals surface area contributed by atoms with Crippen LogP contribution in [0.25, 0.3) is 22.2 Å². The molecule has 0 aliphatic carbocycles. The van der Waals surface area contributed by atoms with E-state index in [-0.39, 0.29) is 22.4 Å². The van der Waals surface area contributed by atoms with E-state index in [1.807, 2.05) is 0 Å². The summed E-state index contributed by atoms with van der Waals surface area (Å²) in [5, 5.41) is 16.9. The molecule has 2 heterocycles. The Morgan fingerprint density at radius 3 is 2.86 bits per heavy atom. The molecule has 0 atom stereocenters. The fraction of sp³-hybridized carbons (Fsp3) is 0. The number of nitro groups is 1. The zero-order chi connectivity index (χ0) is 15.0. The zero-order valence-electron chi connectivity index (χ0n) is 10.3. The number of fused-ring (bicyclic) bond motifs is 1. The Morgan fingerprint density at radius 1 is 1.29 bits per heavy atom. The molecule has 0 aliphatic rings. The fourth-order valence-electron chi connectivity index (χ4n) is 1.86. The van der Waals surface area contributed by atoms with Crippen LogP contribution < -0.4 is 11.3 Å². The van der Waals surface area contributed by atoms with E-state index in [0.29, 0.717) is 5.56 Å². The summed E-state index contributed by atoms with van der Waals surface area (Å²) < 4.78 is 4.91. The van der Waals surface area contributed by atoms with Crippen molar-refractivity contribution in [3.05, 3.63) is 61.5 Å². The van der Waals surface area contributed by atoms with E-state index in [0.717, 1.165) is 6.20 Å². The third kappa shape index (κ3) is 2.16. The van der Waals surface area contributed by atoms with Crippen LogP contribution in [0.3, 0.4) is 0 Å². The van der Waals surface area contributed by atoms with Gasteiger partial charge in [-0.25, -0.2) is 9.89 Å². The lowest BCUT2D eigenvalue weighted by Gasteiger charge is -2.02. The summed E-state index contributed by atoms with van der Waals surface area (Å²) in [7, 11) is 0. The Labute approximate surface area is 115 Å². The van der Waals surface area contributed by atoms with E-state index in [2.05, 4.69) is 15.2 Å². The monoisotopic (exact) mass is 286 g/mol. The molecule has 0 fully saturated rings. The van der Waals surface area contributed by atoms with Crippen LogP contribution in [-0.4, -0.2) is 20.1 Å². The number of non-ortho nitro benzene ring substituents is 1. The van der Waals surface area contributed by atoms with E-state index in [4.69, 9.17) is 4.42 Å². The highest BCUT2D eigenvalue weighted by molar-refractivity contribution is 5.88. The van der Waals surface area contributed by atoms with Gasteiger partial charge in [0.2, 0.25) is 0 Å². The second-order valence-electron chi connectivity index (χ2n) is 4.08. The van der Waals surface area contributed by atoms with Crippen molar-refractivity contribution in [2.24, 2.45) is 0 Å². The summed E-state index contributed by atoms with van der Waals surface area (Å²) in [5.41, 5.74) is -0.340. The largest absolute Gasteiger partial charge is 0.439 e. The van der Waals surface area contributed by atoms with Gasteiger partial charge in [0.1, 0.15) is 11.1 Å². The summed E-state index contributed by atoms with van der Waals surface area (Å²) >= 11 is 0. The first-order chi connectivity index (χ1) is 10.1. The minimum Gasteiger partial charge on any atom is -0.405 e. The highest BCUT2D eigenvalue weighted by Gasteiger charge is 2.15. The van der Waals surface area contributed by atoms with E-state index in [1.54, 1.807) is 6.07 Å². The molecule has 1 N–H and O–H groups in total. The van der Waals surface area contributed by atoms with Gasteiger partial charge in [0.05, 0.1) is 11.1 Å². The summed E-state index contributed by atoms with van der Waals surface area (Å²) in [4.78, 5) is 36.5. The quantitative estimate of drug-likeness (QED) is 0.545. The minimum atomic E-state index is -0.887. The Balaban J connectivity index is 2.35. The second-order valence-corrected chi connectivity index (χ2v) is 4.08. The van der Waals surface area contributed by atoms with Crippen molar-refractivity contribution >= 4 is 16.7 Å². The highest BCUT2D eigenvalue weighted by atomic mass is 16.6. The van der Waals surface area contributed by atoms with Crippen molar-refractivity contribution in [1.29, 1.82) is 0 Å². The van der Waals surface area contributed by atoms with Crippen molar-refractivity contribution < 1.29 is 9.34 Å². The van der Waals surface area contributed by atoms with Crippen LogP contribution in [0.5, 0.6) is 0 Å². The van der Waals surface area contributed by atoms with Crippen molar-refractivity contribution in [2.45, 2.75) is 0 Å².